The van der Waals surface area contributed by atoms with Crippen molar-refractivity contribution in [3.8, 4) is 0 Å². The lowest BCUT2D eigenvalue weighted by Crippen LogP contribution is -2.33. The van der Waals surface area contributed by atoms with Crippen LogP contribution in [-0.2, 0) is 6.54 Å². The zero-order chi connectivity index (χ0) is 22.1. The Morgan fingerprint density at radius 1 is 1.06 bits per heavy atom. The van der Waals surface area contributed by atoms with E-state index in [-0.39, 0.29) is 21.2 Å². The molecule has 3 aromatic rings. The third-order valence-corrected chi connectivity index (χ3v) is 7.22. The summed E-state index contributed by atoms with van der Waals surface area (Å²) < 4.78 is 3.05. The number of thioether (sulfide) groups is 1. The van der Waals surface area contributed by atoms with Gasteiger partial charge >= 0.3 is 0 Å². The third kappa shape index (κ3) is 3.91. The molecule has 31 heavy (non-hydrogen) atoms. The second kappa shape index (κ2) is 8.48. The maximum Gasteiger partial charge on any atom is 0.276 e. The van der Waals surface area contributed by atoms with Gasteiger partial charge in [0.15, 0.2) is 0 Å². The fourth-order valence-corrected chi connectivity index (χ4v) is 5.76. The highest BCUT2D eigenvalue weighted by Crippen LogP contribution is 2.47. The maximum atomic E-state index is 11.1. The van der Waals surface area contributed by atoms with E-state index in [4.69, 9.17) is 0 Å². The number of non-ortho nitro benzene ring substituents is 2. The molecule has 1 aliphatic heterocycles. The van der Waals surface area contributed by atoms with Crippen LogP contribution in [0.1, 0.15) is 18.9 Å². The van der Waals surface area contributed by atoms with Gasteiger partial charge in [0, 0.05) is 35.7 Å². The van der Waals surface area contributed by atoms with Crippen molar-refractivity contribution < 1.29 is 14.4 Å². The first-order chi connectivity index (χ1) is 14.9. The molecule has 0 atom stereocenters. The largest absolute Gasteiger partial charge is 0.335 e. The first kappa shape index (κ1) is 21.0. The molecule has 1 aromatic heterocycles. The van der Waals surface area contributed by atoms with E-state index in [0.717, 1.165) is 30.8 Å². The minimum Gasteiger partial charge on any atom is -0.335 e. The average molecular weight is 456 g/mol. The Balaban J connectivity index is 1.65. The van der Waals surface area contributed by atoms with Crippen LogP contribution in [0.25, 0.3) is 16.3 Å². The van der Waals surface area contributed by atoms with Crippen LogP contribution >= 0.6 is 23.1 Å². The molecule has 0 aliphatic carbocycles. The van der Waals surface area contributed by atoms with Crippen molar-refractivity contribution in [2.75, 3.05) is 11.4 Å². The molecule has 0 N–H and O–H groups in total. The van der Waals surface area contributed by atoms with Crippen LogP contribution in [0.4, 0.5) is 17.1 Å². The molecule has 1 aliphatic rings. The SMILES string of the molecule is CCN1/C(=C/C=C/c2sc3ccc([N+](=O)[O-])cc3[n+]2CC)Sc2ccc([N+](=O)[O-])cc21. The number of rotatable bonds is 6. The van der Waals surface area contributed by atoms with Crippen molar-refractivity contribution in [3.05, 3.63) is 78.8 Å². The number of fused-ring (bicyclic) bond motifs is 2. The van der Waals surface area contributed by atoms with E-state index < -0.39 is 0 Å². The zero-order valence-electron chi connectivity index (χ0n) is 16.8. The summed E-state index contributed by atoms with van der Waals surface area (Å²) in [5.74, 6) is 0. The van der Waals surface area contributed by atoms with Crippen LogP contribution in [0.3, 0.4) is 0 Å². The van der Waals surface area contributed by atoms with Crippen molar-refractivity contribution in [1.82, 2.24) is 0 Å². The summed E-state index contributed by atoms with van der Waals surface area (Å²) in [5.41, 5.74) is 1.86. The minimum absolute atomic E-state index is 0.0814. The molecular weight excluding hydrogens is 436 g/mol. The van der Waals surface area contributed by atoms with Crippen LogP contribution in [0, 0.1) is 20.2 Å². The highest BCUT2D eigenvalue weighted by atomic mass is 32.2. The second-order valence-corrected chi connectivity index (χ2v) is 8.84. The summed E-state index contributed by atoms with van der Waals surface area (Å²) in [7, 11) is 0. The molecule has 0 unspecified atom stereocenters. The fraction of sp³-hybridized carbons (Fsp3) is 0.190. The predicted octanol–water partition coefficient (Wildman–Crippen LogP) is 5.51. The molecule has 0 bridgehead atoms. The summed E-state index contributed by atoms with van der Waals surface area (Å²) in [5, 5.41) is 24.2. The van der Waals surface area contributed by atoms with E-state index in [1.165, 1.54) is 12.1 Å². The van der Waals surface area contributed by atoms with Crippen molar-refractivity contribution >= 4 is 56.5 Å². The zero-order valence-corrected chi connectivity index (χ0v) is 18.5. The van der Waals surface area contributed by atoms with E-state index in [1.807, 2.05) is 32.1 Å². The van der Waals surface area contributed by atoms with Gasteiger partial charge in [-0.3, -0.25) is 20.2 Å². The summed E-state index contributed by atoms with van der Waals surface area (Å²) in [6, 6.07) is 9.85. The van der Waals surface area contributed by atoms with Gasteiger partial charge in [0.2, 0.25) is 5.52 Å². The normalized spacial score (nSPS) is 14.6. The second-order valence-electron chi connectivity index (χ2n) is 6.71. The lowest BCUT2D eigenvalue weighted by Gasteiger charge is -2.17. The topological polar surface area (TPSA) is 93.4 Å². The molecule has 0 radical (unpaired) electrons. The molecule has 2 aromatic carbocycles. The maximum absolute atomic E-state index is 11.1. The summed E-state index contributed by atoms with van der Waals surface area (Å²) in [6.45, 7) is 5.41. The van der Waals surface area contributed by atoms with Crippen LogP contribution in [0.5, 0.6) is 0 Å². The molecule has 8 nitrogen and oxygen atoms in total. The number of nitro groups is 2. The Labute approximate surface area is 186 Å². The Morgan fingerprint density at radius 3 is 2.45 bits per heavy atom. The molecule has 0 spiro atoms. The highest BCUT2D eigenvalue weighted by Gasteiger charge is 2.26. The summed E-state index contributed by atoms with van der Waals surface area (Å²) in [4.78, 5) is 24.5. The summed E-state index contributed by atoms with van der Waals surface area (Å²) >= 11 is 3.16. The predicted molar refractivity (Wildman–Crippen MR) is 123 cm³/mol. The Morgan fingerprint density at radius 2 is 1.77 bits per heavy atom. The number of allylic oxidation sites excluding steroid dienone is 2. The van der Waals surface area contributed by atoms with E-state index >= 15 is 0 Å². The molecule has 0 saturated carbocycles. The molecule has 2 heterocycles. The average Bonchev–Trinajstić information content (AvgIpc) is 3.29. The van der Waals surface area contributed by atoms with Crippen LogP contribution in [-0.4, -0.2) is 16.4 Å². The van der Waals surface area contributed by atoms with Gasteiger partial charge in [-0.25, -0.2) is 0 Å². The minimum atomic E-state index is -0.379. The van der Waals surface area contributed by atoms with E-state index in [2.05, 4.69) is 9.47 Å². The van der Waals surface area contributed by atoms with Crippen LogP contribution in [0.2, 0.25) is 0 Å². The lowest BCUT2D eigenvalue weighted by atomic mass is 10.2. The number of thiazole rings is 1. The smallest absolute Gasteiger partial charge is 0.276 e. The molecule has 10 heteroatoms. The first-order valence-electron chi connectivity index (χ1n) is 9.66. The number of aromatic nitrogens is 1. The number of nitrogens with zero attached hydrogens (tertiary/aromatic N) is 4. The quantitative estimate of drug-likeness (QED) is 0.276. The van der Waals surface area contributed by atoms with E-state index in [1.54, 1.807) is 47.4 Å². The van der Waals surface area contributed by atoms with Gasteiger partial charge < -0.3 is 4.90 Å². The van der Waals surface area contributed by atoms with Crippen molar-refractivity contribution in [2.24, 2.45) is 0 Å². The number of anilines is 1. The first-order valence-corrected chi connectivity index (χ1v) is 11.3. The fourth-order valence-electron chi connectivity index (χ4n) is 3.52. The van der Waals surface area contributed by atoms with Gasteiger partial charge in [-0.15, -0.1) is 0 Å². The number of hydrogen-bond donors (Lipinski definition) is 0. The highest BCUT2D eigenvalue weighted by molar-refractivity contribution is 8.03. The third-order valence-electron chi connectivity index (χ3n) is 4.96. The number of aryl methyl sites for hydroxylation is 1. The van der Waals surface area contributed by atoms with Crippen LogP contribution in [0.15, 0.2) is 58.5 Å². The molecular formula is C21H19N4O4S2+. The van der Waals surface area contributed by atoms with Gasteiger partial charge in [-0.05, 0) is 32.1 Å². The Bertz CT molecular complexity index is 1270. The van der Waals surface area contributed by atoms with Gasteiger partial charge in [0.25, 0.3) is 16.4 Å². The monoisotopic (exact) mass is 455 g/mol. The van der Waals surface area contributed by atoms with Gasteiger partial charge in [0.1, 0.15) is 11.2 Å². The van der Waals surface area contributed by atoms with Crippen molar-refractivity contribution in [2.45, 2.75) is 25.3 Å². The number of benzene rings is 2. The van der Waals surface area contributed by atoms with E-state index in [9.17, 15) is 20.2 Å². The molecule has 4 rings (SSSR count). The van der Waals surface area contributed by atoms with Crippen molar-refractivity contribution in [1.29, 1.82) is 0 Å². The van der Waals surface area contributed by atoms with Gasteiger partial charge in [-0.2, -0.15) is 4.57 Å². The Hall–Kier alpha value is -3.24. The lowest BCUT2D eigenvalue weighted by molar-refractivity contribution is -0.665. The molecule has 0 saturated heterocycles. The van der Waals surface area contributed by atoms with Crippen LogP contribution < -0.4 is 9.47 Å². The van der Waals surface area contributed by atoms with Crippen molar-refractivity contribution in [3.63, 3.8) is 0 Å². The molecule has 0 amide bonds. The van der Waals surface area contributed by atoms with Gasteiger partial charge in [-0.1, -0.05) is 29.2 Å². The molecule has 158 valence electrons. The van der Waals surface area contributed by atoms with Gasteiger partial charge in [0.05, 0.1) is 26.6 Å². The standard InChI is InChI=1S/C21H19N4O4S2/c1-3-22-16-12-14(24(26)27)8-10-18(16)30-20(22)6-5-7-21-23(4-2)17-13-15(25(28)29)9-11-19(17)31-21/h5-13H,3-4H2,1-2H3/q+1. The molecule has 0 fully saturated rings. The van der Waals surface area contributed by atoms with E-state index in [0.29, 0.717) is 13.1 Å². The Kier molecular flexibility index (Phi) is 5.75. The number of nitro benzene ring substituents is 2. The summed E-state index contributed by atoms with van der Waals surface area (Å²) in [6.07, 6.45) is 5.94. The number of hydrogen-bond acceptors (Lipinski definition) is 7.